The van der Waals surface area contributed by atoms with E-state index >= 15 is 0 Å². The molecule has 0 spiro atoms. The van der Waals surface area contributed by atoms with E-state index in [9.17, 15) is 10.2 Å². The lowest BCUT2D eigenvalue weighted by atomic mass is 10.5. The number of nitrogens with zero attached hydrogens (tertiary/aromatic N) is 6. The lowest BCUT2D eigenvalue weighted by molar-refractivity contribution is 0.138. The Hall–Kier alpha value is -1.83. The summed E-state index contributed by atoms with van der Waals surface area (Å²) < 4.78 is 20.7. The van der Waals surface area contributed by atoms with Crippen LogP contribution in [0, 0.1) is 0 Å². The molecule has 0 saturated carbocycles. The minimum Gasteiger partial charge on any atom is -0.395 e. The van der Waals surface area contributed by atoms with Gasteiger partial charge in [0, 0.05) is 41.5 Å². The van der Waals surface area contributed by atoms with Gasteiger partial charge >= 0.3 is 0 Å². The van der Waals surface area contributed by atoms with E-state index in [0.717, 1.165) is 0 Å². The maximum Gasteiger partial charge on any atom is 0.235 e. The van der Waals surface area contributed by atoms with Crippen LogP contribution in [0.15, 0.2) is 0 Å². The van der Waals surface area contributed by atoms with E-state index in [0.29, 0.717) is 17.8 Å². The van der Waals surface area contributed by atoms with Crippen LogP contribution in [0.5, 0.6) is 0 Å². The van der Waals surface area contributed by atoms with Crippen LogP contribution in [0.3, 0.4) is 0 Å². The van der Waals surface area contributed by atoms with Gasteiger partial charge < -0.3 is 39.0 Å². The van der Waals surface area contributed by atoms with Crippen molar-refractivity contribution in [3.05, 3.63) is 0 Å². The first kappa shape index (κ1) is 23.2. The zero-order valence-corrected chi connectivity index (χ0v) is 16.4. The number of anilines is 3. The molecule has 0 unspecified atom stereocenters. The Morgan fingerprint density at radius 1 is 0.593 bits per heavy atom. The molecule has 1 rings (SSSR count). The Morgan fingerprint density at radius 2 is 0.889 bits per heavy atom. The standard InChI is InChI=1S/C15H30N6O6/c1-24-9-19(5-7-22)13-16-14(20(6-8-23)10-25-2)18-15(17-13)21(11-26-3)12-27-4/h22-23H,5-12H2,1-4H3. The summed E-state index contributed by atoms with van der Waals surface area (Å²) in [5.74, 6) is 0.932. The van der Waals surface area contributed by atoms with Crippen LogP contribution in [0.1, 0.15) is 0 Å². The first-order chi connectivity index (χ1) is 13.1. The summed E-state index contributed by atoms with van der Waals surface area (Å²) in [6.45, 7) is 1.11. The molecule has 0 bridgehead atoms. The van der Waals surface area contributed by atoms with Gasteiger partial charge in [0.2, 0.25) is 17.8 Å². The highest BCUT2D eigenvalue weighted by atomic mass is 16.5. The summed E-state index contributed by atoms with van der Waals surface area (Å²) in [7, 11) is 6.19. The number of methoxy groups -OCH3 is 4. The van der Waals surface area contributed by atoms with Crippen LogP contribution in [0.4, 0.5) is 17.8 Å². The molecule has 27 heavy (non-hydrogen) atoms. The molecule has 12 nitrogen and oxygen atoms in total. The molecule has 0 fully saturated rings. The van der Waals surface area contributed by atoms with Crippen LogP contribution in [-0.2, 0) is 18.9 Å². The molecule has 0 atom stereocenters. The minimum absolute atomic E-state index is 0.0992. The smallest absolute Gasteiger partial charge is 0.235 e. The van der Waals surface area contributed by atoms with Crippen molar-refractivity contribution in [2.75, 3.05) is 96.4 Å². The molecule has 0 aliphatic carbocycles. The van der Waals surface area contributed by atoms with E-state index in [1.165, 1.54) is 0 Å². The van der Waals surface area contributed by atoms with E-state index in [1.54, 1.807) is 43.1 Å². The first-order valence-electron chi connectivity index (χ1n) is 8.33. The second-order valence-corrected chi connectivity index (χ2v) is 5.42. The molecular weight excluding hydrogens is 360 g/mol. The van der Waals surface area contributed by atoms with E-state index in [2.05, 4.69) is 15.0 Å². The summed E-state index contributed by atoms with van der Waals surface area (Å²) in [4.78, 5) is 18.4. The second kappa shape index (κ2) is 13.4. The third-order valence-corrected chi connectivity index (χ3v) is 3.33. The summed E-state index contributed by atoms with van der Waals surface area (Å²) in [6.07, 6.45) is 0. The van der Waals surface area contributed by atoms with Crippen molar-refractivity contribution in [2.24, 2.45) is 0 Å². The van der Waals surface area contributed by atoms with Gasteiger partial charge in [0.25, 0.3) is 0 Å². The van der Waals surface area contributed by atoms with Crippen molar-refractivity contribution in [3.8, 4) is 0 Å². The number of aliphatic hydroxyl groups is 2. The van der Waals surface area contributed by atoms with Crippen molar-refractivity contribution in [2.45, 2.75) is 0 Å². The number of aromatic nitrogens is 3. The quantitative estimate of drug-likeness (QED) is 0.345. The summed E-state index contributed by atoms with van der Waals surface area (Å²) >= 11 is 0. The number of ether oxygens (including phenoxy) is 4. The Kier molecular flexibility index (Phi) is 11.5. The highest BCUT2D eigenvalue weighted by Crippen LogP contribution is 2.19. The van der Waals surface area contributed by atoms with Gasteiger partial charge in [-0.2, -0.15) is 15.0 Å². The van der Waals surface area contributed by atoms with Gasteiger partial charge in [0.15, 0.2) is 0 Å². The fourth-order valence-corrected chi connectivity index (χ4v) is 2.23. The molecule has 0 amide bonds. The van der Waals surface area contributed by atoms with Gasteiger partial charge in [0.1, 0.15) is 26.9 Å². The molecule has 2 N–H and O–H groups in total. The number of hydrogen-bond acceptors (Lipinski definition) is 12. The zero-order valence-electron chi connectivity index (χ0n) is 16.4. The maximum absolute atomic E-state index is 9.34. The maximum atomic E-state index is 9.34. The van der Waals surface area contributed by atoms with Crippen molar-refractivity contribution >= 4 is 17.8 Å². The molecule has 1 aromatic rings. The Morgan fingerprint density at radius 3 is 1.19 bits per heavy atom. The molecule has 1 aromatic heterocycles. The zero-order chi connectivity index (χ0) is 20.1. The first-order valence-corrected chi connectivity index (χ1v) is 8.33. The molecule has 1 heterocycles. The average Bonchev–Trinajstić information content (AvgIpc) is 2.67. The predicted molar refractivity (Wildman–Crippen MR) is 98.7 cm³/mol. The topological polar surface area (TPSA) is 126 Å². The molecule has 156 valence electrons. The third-order valence-electron chi connectivity index (χ3n) is 3.33. The third kappa shape index (κ3) is 7.36. The van der Waals surface area contributed by atoms with E-state index in [4.69, 9.17) is 18.9 Å². The Labute approximate surface area is 159 Å². The molecule has 0 radical (unpaired) electrons. The van der Waals surface area contributed by atoms with Gasteiger partial charge in [-0.25, -0.2) is 0 Å². The monoisotopic (exact) mass is 390 g/mol. The van der Waals surface area contributed by atoms with Gasteiger partial charge in [-0.3, -0.25) is 4.90 Å². The number of hydrogen-bond donors (Lipinski definition) is 2. The normalized spacial score (nSPS) is 10.9. The molecule has 12 heteroatoms. The Balaban J connectivity index is 3.38. The SMILES string of the molecule is COCN(CCO)c1nc(N(CCO)COC)nc(N(COC)COC)n1. The van der Waals surface area contributed by atoms with Gasteiger partial charge in [0.05, 0.1) is 13.2 Å². The van der Waals surface area contributed by atoms with Gasteiger partial charge in [-0.1, -0.05) is 0 Å². The van der Waals surface area contributed by atoms with Crippen LogP contribution in [0.25, 0.3) is 0 Å². The summed E-state index contributed by atoms with van der Waals surface area (Å²) in [6, 6.07) is 0. The summed E-state index contributed by atoms with van der Waals surface area (Å²) in [5.41, 5.74) is 0. The fraction of sp³-hybridized carbons (Fsp3) is 0.800. The predicted octanol–water partition coefficient (Wildman–Crippen LogP) is -1.31. The van der Waals surface area contributed by atoms with Crippen LogP contribution in [0.2, 0.25) is 0 Å². The minimum atomic E-state index is -0.0992. The van der Waals surface area contributed by atoms with Gasteiger partial charge in [-0.15, -0.1) is 0 Å². The lowest BCUT2D eigenvalue weighted by Crippen LogP contribution is -2.36. The van der Waals surface area contributed by atoms with Crippen molar-refractivity contribution < 1.29 is 29.2 Å². The second-order valence-electron chi connectivity index (χ2n) is 5.42. The summed E-state index contributed by atoms with van der Waals surface area (Å²) in [5, 5.41) is 18.7. The van der Waals surface area contributed by atoms with E-state index in [1.807, 2.05) is 0 Å². The van der Waals surface area contributed by atoms with Crippen LogP contribution >= 0.6 is 0 Å². The van der Waals surface area contributed by atoms with E-state index < -0.39 is 0 Å². The fourth-order valence-electron chi connectivity index (χ4n) is 2.23. The van der Waals surface area contributed by atoms with Crippen LogP contribution < -0.4 is 14.7 Å². The van der Waals surface area contributed by atoms with E-state index in [-0.39, 0.29) is 53.2 Å². The highest BCUT2D eigenvalue weighted by molar-refractivity contribution is 5.46. The number of aliphatic hydroxyl groups excluding tert-OH is 2. The molecular formula is C15H30N6O6. The van der Waals surface area contributed by atoms with Crippen LogP contribution in [-0.4, -0.2) is 107 Å². The van der Waals surface area contributed by atoms with Crippen molar-refractivity contribution in [3.63, 3.8) is 0 Å². The largest absolute Gasteiger partial charge is 0.395 e. The lowest BCUT2D eigenvalue weighted by Gasteiger charge is -2.27. The molecule has 0 aromatic carbocycles. The van der Waals surface area contributed by atoms with Crippen molar-refractivity contribution in [1.29, 1.82) is 0 Å². The Bertz CT molecular complexity index is 424. The molecule has 0 aliphatic heterocycles. The van der Waals surface area contributed by atoms with Gasteiger partial charge in [-0.05, 0) is 0 Å². The number of rotatable bonds is 15. The highest BCUT2D eigenvalue weighted by Gasteiger charge is 2.20. The molecule has 0 aliphatic rings. The average molecular weight is 390 g/mol. The molecule has 0 saturated heterocycles. The van der Waals surface area contributed by atoms with Crippen molar-refractivity contribution in [1.82, 2.24) is 15.0 Å².